The molecule has 0 aromatic rings. The summed E-state index contributed by atoms with van der Waals surface area (Å²) in [7, 11) is 4.25. The van der Waals surface area contributed by atoms with Crippen LogP contribution in [0.2, 0.25) is 0 Å². The molecule has 4 aliphatic rings. The van der Waals surface area contributed by atoms with E-state index in [1.54, 1.807) is 0 Å². The van der Waals surface area contributed by atoms with E-state index in [-0.39, 0.29) is 0 Å². The Morgan fingerprint density at radius 2 is 1.64 bits per heavy atom. The van der Waals surface area contributed by atoms with Crippen LogP contribution in [0.5, 0.6) is 0 Å². The van der Waals surface area contributed by atoms with Crippen molar-refractivity contribution in [2.75, 3.05) is 27.2 Å². The summed E-state index contributed by atoms with van der Waals surface area (Å²) in [6, 6.07) is 0.481. The maximum Gasteiger partial charge on any atom is 0.209 e. The quantitative estimate of drug-likeness (QED) is 0.584. The molecule has 0 bridgehead atoms. The second-order valence-electron chi connectivity index (χ2n) is 11.5. The van der Waals surface area contributed by atoms with E-state index >= 15 is 0 Å². The lowest BCUT2D eigenvalue weighted by molar-refractivity contribution is -0.131. The lowest BCUT2D eigenvalue weighted by Gasteiger charge is -2.60. The molecule has 3 nitrogen and oxygen atoms in total. The molecule has 0 radical (unpaired) electrons. The van der Waals surface area contributed by atoms with Crippen molar-refractivity contribution in [3.63, 3.8) is 0 Å². The van der Waals surface area contributed by atoms with Crippen LogP contribution in [-0.2, 0) is 4.79 Å². The monoisotopic (exact) mass is 388 g/mol. The van der Waals surface area contributed by atoms with Gasteiger partial charge in [0.2, 0.25) is 6.41 Å². The van der Waals surface area contributed by atoms with Gasteiger partial charge >= 0.3 is 0 Å². The van der Waals surface area contributed by atoms with Crippen LogP contribution in [0.15, 0.2) is 0 Å². The Balaban J connectivity index is 1.49. The summed E-state index contributed by atoms with van der Waals surface area (Å²) in [5, 5.41) is 0. The third-order valence-electron chi connectivity index (χ3n) is 10.1. The smallest absolute Gasteiger partial charge is 0.209 e. The number of carbonyl (C=O) groups is 1. The molecule has 0 aromatic heterocycles. The highest BCUT2D eigenvalue weighted by Crippen LogP contribution is 2.66. The topological polar surface area (TPSA) is 23.6 Å². The van der Waals surface area contributed by atoms with E-state index in [1.165, 1.54) is 70.6 Å². The van der Waals surface area contributed by atoms with Gasteiger partial charge in [-0.2, -0.15) is 0 Å². The normalized spacial score (nSPS) is 45.2. The molecule has 1 amide bonds. The predicted molar refractivity (Wildman–Crippen MR) is 116 cm³/mol. The average Bonchev–Trinajstić information content (AvgIpc) is 3.02. The van der Waals surface area contributed by atoms with Gasteiger partial charge in [-0.15, -0.1) is 0 Å². The van der Waals surface area contributed by atoms with Crippen molar-refractivity contribution in [3.8, 4) is 0 Å². The minimum absolute atomic E-state index is 0.359. The lowest BCUT2D eigenvalue weighted by Crippen LogP contribution is -2.55. The Labute approximate surface area is 173 Å². The zero-order valence-corrected chi connectivity index (χ0v) is 19.0. The number of hydrogen-bond acceptors (Lipinski definition) is 2. The van der Waals surface area contributed by atoms with Crippen LogP contribution >= 0.6 is 0 Å². The van der Waals surface area contributed by atoms with E-state index < -0.39 is 0 Å². The minimum atomic E-state index is 0.359. The first-order chi connectivity index (χ1) is 13.4. The number of fused-ring (bicyclic) bond motifs is 5. The summed E-state index contributed by atoms with van der Waals surface area (Å²) >= 11 is 0. The van der Waals surface area contributed by atoms with Gasteiger partial charge in [0, 0.05) is 12.6 Å². The molecule has 0 aliphatic heterocycles. The van der Waals surface area contributed by atoms with E-state index in [0.717, 1.165) is 43.2 Å². The first-order valence-electron chi connectivity index (χ1n) is 12.3. The highest BCUT2D eigenvalue weighted by molar-refractivity contribution is 5.48. The van der Waals surface area contributed by atoms with Crippen LogP contribution in [0.25, 0.3) is 0 Å². The van der Waals surface area contributed by atoms with Gasteiger partial charge in [-0.25, -0.2) is 0 Å². The van der Waals surface area contributed by atoms with Crippen LogP contribution in [0, 0.1) is 34.5 Å². The Morgan fingerprint density at radius 3 is 2.39 bits per heavy atom. The molecule has 0 aromatic carbocycles. The maximum atomic E-state index is 12.0. The molecule has 0 heterocycles. The third-order valence-corrected chi connectivity index (χ3v) is 10.1. The average molecular weight is 389 g/mol. The molecular weight excluding hydrogens is 344 g/mol. The summed E-state index contributed by atoms with van der Waals surface area (Å²) in [6.45, 7) is 7.23. The Bertz CT molecular complexity index is 563. The number of nitrogens with zero attached hydrogens (tertiary/aromatic N) is 2. The van der Waals surface area contributed by atoms with Gasteiger partial charge in [0.15, 0.2) is 0 Å². The second-order valence-corrected chi connectivity index (χ2v) is 11.5. The van der Waals surface area contributed by atoms with Crippen LogP contribution in [0.4, 0.5) is 0 Å². The minimum Gasteiger partial charge on any atom is -0.342 e. The lowest BCUT2D eigenvalue weighted by atomic mass is 9.45. The van der Waals surface area contributed by atoms with Gasteiger partial charge < -0.3 is 9.80 Å². The maximum absolute atomic E-state index is 12.0. The van der Waals surface area contributed by atoms with E-state index in [9.17, 15) is 4.79 Å². The van der Waals surface area contributed by atoms with Crippen molar-refractivity contribution in [3.05, 3.63) is 0 Å². The molecule has 0 spiro atoms. The molecule has 160 valence electrons. The summed E-state index contributed by atoms with van der Waals surface area (Å²) in [4.78, 5) is 16.5. The van der Waals surface area contributed by atoms with E-state index in [4.69, 9.17) is 0 Å². The number of hydrogen-bond donors (Lipinski definition) is 0. The first kappa shape index (κ1) is 20.7. The van der Waals surface area contributed by atoms with E-state index in [0.29, 0.717) is 16.9 Å². The zero-order valence-electron chi connectivity index (χ0n) is 19.0. The molecule has 0 saturated heterocycles. The van der Waals surface area contributed by atoms with E-state index in [1.807, 2.05) is 0 Å². The summed E-state index contributed by atoms with van der Waals surface area (Å²) < 4.78 is 0. The van der Waals surface area contributed by atoms with Crippen molar-refractivity contribution in [1.29, 1.82) is 0 Å². The molecule has 4 fully saturated rings. The molecule has 4 rings (SSSR count). The van der Waals surface area contributed by atoms with Crippen molar-refractivity contribution in [2.45, 2.75) is 90.5 Å². The standard InChI is InChI=1S/C25H44N2O/c1-24-14-6-5-8-19(24)9-10-20-21-11-12-23(25(21,2)15-13-22(20)24)27(18-28)17-7-16-26(3)4/h18-23H,5-17H2,1-4H3/t19-,20+,21+,22+,23+,24+,25+/m1/s1. The largest absolute Gasteiger partial charge is 0.342 e. The highest BCUT2D eigenvalue weighted by Gasteiger charge is 2.60. The molecule has 3 heteroatoms. The fraction of sp³-hybridized carbons (Fsp3) is 0.960. The Kier molecular flexibility index (Phi) is 5.86. The molecule has 4 aliphatic carbocycles. The molecule has 28 heavy (non-hydrogen) atoms. The van der Waals surface area contributed by atoms with Crippen LogP contribution in [-0.4, -0.2) is 49.4 Å². The van der Waals surface area contributed by atoms with Gasteiger partial charge in [0.1, 0.15) is 0 Å². The van der Waals surface area contributed by atoms with Crippen LogP contribution in [0.1, 0.15) is 84.5 Å². The molecule has 0 unspecified atom stereocenters. The Hall–Kier alpha value is -0.570. The molecule has 7 atom stereocenters. The SMILES string of the molecule is CN(C)CCCN(C=O)[C@H]1CC[C@H]2[C@@H]3CC[C@H]4CCCC[C@]4(C)[C@H]3CC[C@]12C. The van der Waals surface area contributed by atoms with Crippen molar-refractivity contribution in [2.24, 2.45) is 34.5 Å². The summed E-state index contributed by atoms with van der Waals surface area (Å²) in [6.07, 6.45) is 16.5. The summed E-state index contributed by atoms with van der Waals surface area (Å²) in [5.74, 6) is 3.74. The van der Waals surface area contributed by atoms with E-state index in [2.05, 4.69) is 37.7 Å². The van der Waals surface area contributed by atoms with Gasteiger partial charge in [-0.3, -0.25) is 4.79 Å². The fourth-order valence-corrected chi connectivity index (χ4v) is 8.66. The molecular formula is C25H44N2O. The molecule has 4 saturated carbocycles. The number of amides is 1. The van der Waals surface area contributed by atoms with Gasteiger partial charge in [-0.1, -0.05) is 26.7 Å². The third kappa shape index (κ3) is 3.34. The van der Waals surface area contributed by atoms with Crippen LogP contribution < -0.4 is 0 Å². The zero-order chi connectivity index (χ0) is 19.9. The van der Waals surface area contributed by atoms with Crippen molar-refractivity contribution < 1.29 is 4.79 Å². The van der Waals surface area contributed by atoms with Crippen molar-refractivity contribution >= 4 is 6.41 Å². The summed E-state index contributed by atoms with van der Waals surface area (Å²) in [5.41, 5.74) is 0.981. The molecule has 0 N–H and O–H groups in total. The van der Waals surface area contributed by atoms with Crippen molar-refractivity contribution in [1.82, 2.24) is 9.80 Å². The predicted octanol–water partition coefficient (Wildman–Crippen LogP) is 5.20. The fourth-order valence-electron chi connectivity index (χ4n) is 8.66. The number of carbonyl (C=O) groups excluding carboxylic acids is 1. The van der Waals surface area contributed by atoms with Gasteiger partial charge in [0.05, 0.1) is 0 Å². The van der Waals surface area contributed by atoms with Gasteiger partial charge in [0.25, 0.3) is 0 Å². The second kappa shape index (κ2) is 7.93. The van der Waals surface area contributed by atoms with Crippen LogP contribution in [0.3, 0.4) is 0 Å². The Morgan fingerprint density at radius 1 is 0.857 bits per heavy atom. The number of rotatable bonds is 6. The first-order valence-corrected chi connectivity index (χ1v) is 12.3. The van der Waals surface area contributed by atoms with Gasteiger partial charge in [-0.05, 0) is 113 Å². The highest BCUT2D eigenvalue weighted by atomic mass is 16.1.